The molecule has 0 aromatic heterocycles. The van der Waals surface area contributed by atoms with Crippen molar-refractivity contribution in [2.24, 2.45) is 0 Å². The first-order chi connectivity index (χ1) is 13.3. The number of methoxy groups -OCH3 is 2. The molecule has 1 atom stereocenters. The summed E-state index contributed by atoms with van der Waals surface area (Å²) >= 11 is 0. The van der Waals surface area contributed by atoms with Crippen molar-refractivity contribution in [2.45, 2.75) is 26.3 Å². The lowest BCUT2D eigenvalue weighted by Crippen LogP contribution is -2.41. The van der Waals surface area contributed by atoms with Crippen LogP contribution in [0.15, 0.2) is 54.6 Å². The highest BCUT2D eigenvalue weighted by molar-refractivity contribution is 5.86. The van der Waals surface area contributed by atoms with Gasteiger partial charge in [-0.25, -0.2) is 0 Å². The van der Waals surface area contributed by atoms with Crippen LogP contribution in [-0.4, -0.2) is 26.0 Å². The number of nitrogens with one attached hydrogen (secondary N) is 2. The second-order valence-corrected chi connectivity index (χ2v) is 6.59. The molecule has 0 fully saturated rings. The largest absolute Gasteiger partial charge is 0.497 e. The molecule has 0 spiro atoms. The number of carbonyl (C=O) groups excluding carboxylic acids is 2. The normalized spacial score (nSPS) is 13.2. The molecule has 0 aliphatic heterocycles. The highest BCUT2D eigenvalue weighted by Gasteiger charge is 2.27. The van der Waals surface area contributed by atoms with Crippen LogP contribution in [0.4, 0.5) is 0 Å². The van der Waals surface area contributed by atoms with Crippen molar-refractivity contribution < 1.29 is 19.1 Å². The van der Waals surface area contributed by atoms with E-state index in [2.05, 4.69) is 10.6 Å². The van der Waals surface area contributed by atoms with E-state index in [9.17, 15) is 9.59 Å². The lowest BCUT2D eigenvalue weighted by Gasteiger charge is -2.29. The Morgan fingerprint density at radius 2 is 1.54 bits per heavy atom. The van der Waals surface area contributed by atoms with E-state index in [-0.39, 0.29) is 11.8 Å². The van der Waals surface area contributed by atoms with Gasteiger partial charge in [0, 0.05) is 25.1 Å². The van der Waals surface area contributed by atoms with Crippen molar-refractivity contribution in [3.8, 4) is 11.5 Å². The minimum absolute atomic E-state index is 0.200. The Hall–Kier alpha value is -3.28. The SMILES string of the molecule is COc1cccc(/C(=C/C(C)(NC(C)=O)c2cccc(OC)c2)NC(C)=O)c1. The Bertz CT molecular complexity index is 892. The molecular formula is C22H26N2O4. The molecule has 148 valence electrons. The fourth-order valence-corrected chi connectivity index (χ4v) is 2.96. The van der Waals surface area contributed by atoms with Crippen molar-refractivity contribution in [3.63, 3.8) is 0 Å². The zero-order valence-corrected chi connectivity index (χ0v) is 16.8. The van der Waals surface area contributed by atoms with Crippen LogP contribution in [0.2, 0.25) is 0 Å². The summed E-state index contributed by atoms with van der Waals surface area (Å²) in [4.78, 5) is 23.8. The Morgan fingerprint density at radius 3 is 2.11 bits per heavy atom. The van der Waals surface area contributed by atoms with Gasteiger partial charge in [0.15, 0.2) is 0 Å². The second kappa shape index (κ2) is 9.08. The fraction of sp³-hybridized carbons (Fsp3) is 0.273. The molecule has 1 unspecified atom stereocenters. The molecular weight excluding hydrogens is 356 g/mol. The van der Waals surface area contributed by atoms with Crippen LogP contribution in [0, 0.1) is 0 Å². The van der Waals surface area contributed by atoms with Crippen molar-refractivity contribution in [2.75, 3.05) is 14.2 Å². The van der Waals surface area contributed by atoms with E-state index in [1.165, 1.54) is 13.8 Å². The summed E-state index contributed by atoms with van der Waals surface area (Å²) in [7, 11) is 3.17. The third-order valence-electron chi connectivity index (χ3n) is 4.23. The Kier molecular flexibility index (Phi) is 6.82. The predicted octanol–water partition coefficient (Wildman–Crippen LogP) is 3.23. The van der Waals surface area contributed by atoms with Crippen LogP contribution in [0.1, 0.15) is 31.9 Å². The van der Waals surface area contributed by atoms with Crippen LogP contribution in [-0.2, 0) is 15.1 Å². The van der Waals surface area contributed by atoms with Gasteiger partial charge in [0.25, 0.3) is 0 Å². The van der Waals surface area contributed by atoms with Crippen LogP contribution in [0.3, 0.4) is 0 Å². The van der Waals surface area contributed by atoms with Gasteiger partial charge in [-0.2, -0.15) is 0 Å². The molecule has 0 radical (unpaired) electrons. The zero-order valence-electron chi connectivity index (χ0n) is 16.8. The summed E-state index contributed by atoms with van der Waals surface area (Å²) in [5.41, 5.74) is 1.24. The molecule has 0 heterocycles. The molecule has 2 N–H and O–H groups in total. The number of benzene rings is 2. The second-order valence-electron chi connectivity index (χ2n) is 6.59. The van der Waals surface area contributed by atoms with Gasteiger partial charge in [-0.05, 0) is 42.8 Å². The third kappa shape index (κ3) is 5.36. The summed E-state index contributed by atoms with van der Waals surface area (Å²) in [6.07, 6.45) is 1.82. The van der Waals surface area contributed by atoms with Gasteiger partial charge in [-0.15, -0.1) is 0 Å². The highest BCUT2D eigenvalue weighted by Crippen LogP contribution is 2.29. The maximum Gasteiger partial charge on any atom is 0.221 e. The van der Waals surface area contributed by atoms with E-state index in [0.29, 0.717) is 17.2 Å². The van der Waals surface area contributed by atoms with Gasteiger partial charge in [0.2, 0.25) is 11.8 Å². The lowest BCUT2D eigenvalue weighted by atomic mass is 9.89. The Balaban J connectivity index is 2.63. The number of hydrogen-bond donors (Lipinski definition) is 2. The first-order valence-electron chi connectivity index (χ1n) is 8.85. The number of ether oxygens (including phenoxy) is 2. The molecule has 2 aromatic rings. The molecule has 0 bridgehead atoms. The third-order valence-corrected chi connectivity index (χ3v) is 4.23. The van der Waals surface area contributed by atoms with E-state index in [0.717, 1.165) is 11.1 Å². The van der Waals surface area contributed by atoms with E-state index in [1.807, 2.05) is 61.5 Å². The van der Waals surface area contributed by atoms with Crippen LogP contribution in [0.5, 0.6) is 11.5 Å². The molecule has 6 heteroatoms. The highest BCUT2D eigenvalue weighted by atomic mass is 16.5. The average molecular weight is 382 g/mol. The summed E-state index contributed by atoms with van der Waals surface area (Å²) in [5, 5.41) is 5.83. The molecule has 2 amide bonds. The van der Waals surface area contributed by atoms with Gasteiger partial charge in [0.05, 0.1) is 19.8 Å². The summed E-state index contributed by atoms with van der Waals surface area (Å²) < 4.78 is 10.6. The smallest absolute Gasteiger partial charge is 0.221 e. The van der Waals surface area contributed by atoms with Crippen LogP contribution >= 0.6 is 0 Å². The number of carbonyl (C=O) groups is 2. The summed E-state index contributed by atoms with van der Waals surface area (Å²) in [6, 6.07) is 14.8. The number of hydrogen-bond acceptors (Lipinski definition) is 4. The standard InChI is InChI=1S/C22H26N2O4/c1-15(25)23-21(17-8-6-10-19(12-17)27-4)14-22(3,24-16(2)26)18-9-7-11-20(13-18)28-5/h6-14H,1-5H3,(H,23,25)(H,24,26)/b21-14-. The van der Waals surface area contributed by atoms with E-state index >= 15 is 0 Å². The van der Waals surface area contributed by atoms with Gasteiger partial charge < -0.3 is 20.1 Å². The monoisotopic (exact) mass is 382 g/mol. The average Bonchev–Trinajstić information content (AvgIpc) is 2.66. The molecule has 0 saturated heterocycles. The molecule has 0 aliphatic rings. The van der Waals surface area contributed by atoms with Crippen LogP contribution in [0.25, 0.3) is 5.70 Å². The minimum atomic E-state index is -0.888. The molecule has 0 aliphatic carbocycles. The van der Waals surface area contributed by atoms with Crippen molar-refractivity contribution in [1.82, 2.24) is 10.6 Å². The van der Waals surface area contributed by atoms with Gasteiger partial charge in [-0.1, -0.05) is 24.3 Å². The molecule has 6 nitrogen and oxygen atoms in total. The van der Waals surface area contributed by atoms with Gasteiger partial charge >= 0.3 is 0 Å². The topological polar surface area (TPSA) is 76.7 Å². The Labute approximate surface area is 165 Å². The van der Waals surface area contributed by atoms with Gasteiger partial charge in [0.1, 0.15) is 11.5 Å². The summed E-state index contributed by atoms with van der Waals surface area (Å²) in [5.74, 6) is 0.917. The molecule has 28 heavy (non-hydrogen) atoms. The molecule has 2 aromatic carbocycles. The zero-order chi connectivity index (χ0) is 20.7. The first kappa shape index (κ1) is 21.0. The van der Waals surface area contributed by atoms with Gasteiger partial charge in [-0.3, -0.25) is 9.59 Å². The lowest BCUT2D eigenvalue weighted by molar-refractivity contribution is -0.120. The number of amides is 2. The molecule has 0 saturated carbocycles. The predicted molar refractivity (Wildman–Crippen MR) is 109 cm³/mol. The van der Waals surface area contributed by atoms with E-state index in [4.69, 9.17) is 9.47 Å². The van der Waals surface area contributed by atoms with E-state index in [1.54, 1.807) is 14.2 Å². The van der Waals surface area contributed by atoms with Crippen molar-refractivity contribution >= 4 is 17.5 Å². The van der Waals surface area contributed by atoms with Crippen molar-refractivity contribution in [1.29, 1.82) is 0 Å². The van der Waals surface area contributed by atoms with E-state index < -0.39 is 5.54 Å². The molecule has 2 rings (SSSR count). The fourth-order valence-electron chi connectivity index (χ4n) is 2.96. The van der Waals surface area contributed by atoms with Crippen molar-refractivity contribution in [3.05, 3.63) is 65.7 Å². The minimum Gasteiger partial charge on any atom is -0.497 e. The van der Waals surface area contributed by atoms with Crippen LogP contribution < -0.4 is 20.1 Å². The Morgan fingerprint density at radius 1 is 0.929 bits per heavy atom. The summed E-state index contributed by atoms with van der Waals surface area (Å²) in [6.45, 7) is 4.76. The number of rotatable bonds is 7. The maximum absolute atomic E-state index is 11.9. The first-order valence-corrected chi connectivity index (χ1v) is 8.85. The maximum atomic E-state index is 11.9. The quantitative estimate of drug-likeness (QED) is 0.771.